The van der Waals surface area contributed by atoms with E-state index in [2.05, 4.69) is 15.9 Å². The molecule has 0 spiro atoms. The van der Waals surface area contributed by atoms with Crippen molar-refractivity contribution >= 4 is 21.9 Å². The van der Waals surface area contributed by atoms with Crippen LogP contribution in [-0.4, -0.2) is 20.6 Å². The molecule has 98 valence electrons. The van der Waals surface area contributed by atoms with E-state index in [1.165, 1.54) is 12.1 Å². The molecule has 8 heteroatoms. The lowest BCUT2D eigenvalue weighted by Crippen LogP contribution is -2.32. The molecule has 0 bridgehead atoms. The van der Waals surface area contributed by atoms with Gasteiger partial charge in [0.25, 0.3) is 5.56 Å². The highest BCUT2D eigenvalue weighted by atomic mass is 79.9. The Hall–Kier alpha value is -2.22. The highest BCUT2D eigenvalue weighted by molar-refractivity contribution is 9.10. The van der Waals surface area contributed by atoms with Gasteiger partial charge < -0.3 is 5.11 Å². The number of H-pyrrole nitrogens is 1. The van der Waals surface area contributed by atoms with Gasteiger partial charge in [-0.25, -0.2) is 14.0 Å². The van der Waals surface area contributed by atoms with Crippen LogP contribution in [-0.2, 0) is 0 Å². The number of hydrogen-bond donors (Lipinski definition) is 2. The van der Waals surface area contributed by atoms with Gasteiger partial charge in [-0.05, 0) is 18.2 Å². The average Bonchev–Trinajstić information content (AvgIpc) is 2.32. The molecule has 1 aromatic heterocycles. The summed E-state index contributed by atoms with van der Waals surface area (Å²) in [6.45, 7) is 0. The molecule has 0 radical (unpaired) electrons. The van der Waals surface area contributed by atoms with Crippen molar-refractivity contribution < 1.29 is 14.3 Å². The maximum atomic E-state index is 13.6. The van der Waals surface area contributed by atoms with Crippen LogP contribution in [0.1, 0.15) is 10.4 Å². The number of halogens is 2. The van der Waals surface area contributed by atoms with Crippen molar-refractivity contribution in [3.05, 3.63) is 61.1 Å². The molecule has 0 unspecified atom stereocenters. The highest BCUT2D eigenvalue weighted by Crippen LogP contribution is 2.17. The lowest BCUT2D eigenvalue weighted by atomic mass is 10.3. The van der Waals surface area contributed by atoms with Crippen LogP contribution in [0.3, 0.4) is 0 Å². The van der Waals surface area contributed by atoms with Crippen LogP contribution in [0.25, 0.3) is 5.69 Å². The van der Waals surface area contributed by atoms with Crippen LogP contribution in [0.15, 0.2) is 38.5 Å². The van der Waals surface area contributed by atoms with Crippen molar-refractivity contribution in [1.82, 2.24) is 9.55 Å². The summed E-state index contributed by atoms with van der Waals surface area (Å²) in [6, 6.07) is 3.83. The summed E-state index contributed by atoms with van der Waals surface area (Å²) >= 11 is 3.11. The lowest BCUT2D eigenvalue weighted by Gasteiger charge is -2.07. The first-order valence-electron chi connectivity index (χ1n) is 4.95. The molecule has 0 atom stereocenters. The number of nitrogens with zero attached hydrogens (tertiary/aromatic N) is 1. The second-order valence-corrected chi connectivity index (χ2v) is 4.49. The van der Waals surface area contributed by atoms with E-state index in [-0.39, 0.29) is 5.69 Å². The minimum Gasteiger partial charge on any atom is -0.477 e. The Morgan fingerprint density at radius 1 is 1.37 bits per heavy atom. The van der Waals surface area contributed by atoms with Crippen LogP contribution in [0.4, 0.5) is 4.39 Å². The maximum absolute atomic E-state index is 13.6. The number of benzene rings is 1. The van der Waals surface area contributed by atoms with Gasteiger partial charge in [-0.15, -0.1) is 0 Å². The fourth-order valence-corrected chi connectivity index (χ4v) is 1.82. The van der Waals surface area contributed by atoms with E-state index in [1.807, 2.05) is 4.98 Å². The smallest absolute Gasteiger partial charge is 0.342 e. The molecule has 19 heavy (non-hydrogen) atoms. The van der Waals surface area contributed by atoms with Crippen LogP contribution in [0.2, 0.25) is 0 Å². The number of hydrogen-bond acceptors (Lipinski definition) is 3. The van der Waals surface area contributed by atoms with Gasteiger partial charge in [0.15, 0.2) is 0 Å². The van der Waals surface area contributed by atoms with Crippen molar-refractivity contribution in [2.24, 2.45) is 0 Å². The number of carboxylic acid groups (broad SMARTS) is 1. The molecule has 1 heterocycles. The zero-order valence-corrected chi connectivity index (χ0v) is 10.8. The molecule has 6 nitrogen and oxygen atoms in total. The molecule has 1 aromatic carbocycles. The van der Waals surface area contributed by atoms with Gasteiger partial charge in [-0.2, -0.15) is 0 Å². The quantitative estimate of drug-likeness (QED) is 0.864. The summed E-state index contributed by atoms with van der Waals surface area (Å²) < 4.78 is 14.9. The van der Waals surface area contributed by atoms with E-state index in [0.29, 0.717) is 4.47 Å². The summed E-state index contributed by atoms with van der Waals surface area (Å²) in [4.78, 5) is 35.5. The Labute approximate surface area is 113 Å². The number of aromatic amines is 1. The topological polar surface area (TPSA) is 92.2 Å². The van der Waals surface area contributed by atoms with E-state index in [1.54, 1.807) is 0 Å². The van der Waals surface area contributed by atoms with Crippen molar-refractivity contribution in [2.45, 2.75) is 0 Å². The SMILES string of the molecule is O=C(O)c1cn(-c2cc(Br)ccc2F)c(=O)[nH]c1=O. The average molecular weight is 329 g/mol. The molecule has 0 saturated carbocycles. The normalized spacial score (nSPS) is 10.4. The fourth-order valence-electron chi connectivity index (χ4n) is 1.47. The highest BCUT2D eigenvalue weighted by Gasteiger charge is 2.14. The molecular weight excluding hydrogens is 323 g/mol. The standard InChI is InChI=1S/C11H6BrFN2O4/c12-5-1-2-7(13)8(3-5)15-4-6(10(17)18)9(16)14-11(15)19/h1-4H,(H,17,18)(H,14,16,19). The molecule has 2 rings (SSSR count). The van der Waals surface area contributed by atoms with Crippen LogP contribution in [0, 0.1) is 5.82 Å². The largest absolute Gasteiger partial charge is 0.477 e. The third-order valence-electron chi connectivity index (χ3n) is 2.34. The summed E-state index contributed by atoms with van der Waals surface area (Å²) in [5.74, 6) is -2.24. The molecule has 0 aliphatic rings. The number of nitrogens with one attached hydrogen (secondary N) is 1. The molecule has 0 aliphatic heterocycles. The third kappa shape index (κ3) is 2.48. The minimum atomic E-state index is -1.51. The predicted molar refractivity (Wildman–Crippen MR) is 67.3 cm³/mol. The number of carboxylic acids is 1. The summed E-state index contributed by atoms with van der Waals surface area (Å²) in [6.07, 6.45) is 0.786. The van der Waals surface area contributed by atoms with Crippen LogP contribution < -0.4 is 11.2 Å². The number of aromatic nitrogens is 2. The van der Waals surface area contributed by atoms with Crippen molar-refractivity contribution in [3.63, 3.8) is 0 Å². The van der Waals surface area contributed by atoms with Gasteiger partial charge in [0.1, 0.15) is 11.4 Å². The zero-order chi connectivity index (χ0) is 14.2. The first kappa shape index (κ1) is 13.2. The molecule has 0 amide bonds. The molecule has 2 aromatic rings. The Balaban J connectivity index is 2.79. The fraction of sp³-hybridized carbons (Fsp3) is 0. The summed E-state index contributed by atoms with van der Waals surface area (Å²) in [5, 5.41) is 8.81. The first-order chi connectivity index (χ1) is 8.90. The third-order valence-corrected chi connectivity index (χ3v) is 2.83. The van der Waals surface area contributed by atoms with E-state index in [9.17, 15) is 18.8 Å². The molecular formula is C11H6BrFN2O4. The van der Waals surface area contributed by atoms with Crippen molar-refractivity contribution in [2.75, 3.05) is 0 Å². The molecule has 0 fully saturated rings. The number of carbonyl (C=O) groups is 1. The van der Waals surface area contributed by atoms with E-state index in [4.69, 9.17) is 5.11 Å². The van der Waals surface area contributed by atoms with Crippen molar-refractivity contribution in [1.29, 1.82) is 0 Å². The van der Waals surface area contributed by atoms with Gasteiger partial charge in [0.05, 0.1) is 5.69 Å². The van der Waals surface area contributed by atoms with Crippen LogP contribution in [0.5, 0.6) is 0 Å². The summed E-state index contributed by atoms with van der Waals surface area (Å²) in [5.41, 5.74) is -2.78. The Morgan fingerprint density at radius 2 is 2.05 bits per heavy atom. The number of aromatic carboxylic acids is 1. The maximum Gasteiger partial charge on any atom is 0.342 e. The summed E-state index contributed by atoms with van der Waals surface area (Å²) in [7, 11) is 0. The van der Waals surface area contributed by atoms with E-state index in [0.717, 1.165) is 16.8 Å². The van der Waals surface area contributed by atoms with Gasteiger partial charge in [0.2, 0.25) is 0 Å². The Bertz CT molecular complexity index is 781. The van der Waals surface area contributed by atoms with Crippen LogP contribution >= 0.6 is 15.9 Å². The molecule has 0 saturated heterocycles. The first-order valence-corrected chi connectivity index (χ1v) is 5.74. The minimum absolute atomic E-state index is 0.168. The van der Waals surface area contributed by atoms with Gasteiger partial charge in [-0.3, -0.25) is 14.3 Å². The van der Waals surface area contributed by atoms with E-state index < -0.39 is 28.6 Å². The Morgan fingerprint density at radius 3 is 2.68 bits per heavy atom. The zero-order valence-electron chi connectivity index (χ0n) is 9.18. The van der Waals surface area contributed by atoms with Crippen molar-refractivity contribution in [3.8, 4) is 5.69 Å². The monoisotopic (exact) mass is 328 g/mol. The second-order valence-electron chi connectivity index (χ2n) is 3.57. The van der Waals surface area contributed by atoms with E-state index >= 15 is 0 Å². The van der Waals surface area contributed by atoms with Gasteiger partial charge >= 0.3 is 11.7 Å². The predicted octanol–water partition coefficient (Wildman–Crippen LogP) is 1.13. The molecule has 0 aliphatic carbocycles. The lowest BCUT2D eigenvalue weighted by molar-refractivity contribution is 0.0694. The number of rotatable bonds is 2. The Kier molecular flexibility index (Phi) is 3.34. The van der Waals surface area contributed by atoms with Gasteiger partial charge in [0, 0.05) is 10.7 Å². The second kappa shape index (κ2) is 4.81. The molecule has 2 N–H and O–H groups in total. The van der Waals surface area contributed by atoms with Gasteiger partial charge in [-0.1, -0.05) is 15.9 Å².